The fourth-order valence-corrected chi connectivity index (χ4v) is 3.48. The van der Waals surface area contributed by atoms with Gasteiger partial charge >= 0.3 is 5.76 Å². The third-order valence-electron chi connectivity index (χ3n) is 4.24. The van der Waals surface area contributed by atoms with Gasteiger partial charge in [0.2, 0.25) is 5.89 Å². The third kappa shape index (κ3) is 6.61. The highest BCUT2D eigenvalue weighted by molar-refractivity contribution is 7.85. The lowest BCUT2D eigenvalue weighted by Crippen LogP contribution is -2.33. The van der Waals surface area contributed by atoms with Crippen molar-refractivity contribution in [1.82, 2.24) is 9.78 Å². The molecule has 0 amide bonds. The maximum absolute atomic E-state index is 11.6. The number of hydrogen-bond donors (Lipinski definition) is 3. The maximum atomic E-state index is 11.6. The van der Waals surface area contributed by atoms with Gasteiger partial charge in [-0.25, -0.2) is 4.79 Å². The van der Waals surface area contributed by atoms with Gasteiger partial charge < -0.3 is 15.3 Å². The van der Waals surface area contributed by atoms with Gasteiger partial charge in [0.05, 0.1) is 11.4 Å². The average molecular weight is 456 g/mol. The predicted octanol–water partition coefficient (Wildman–Crippen LogP) is 2.20. The molecule has 11 heteroatoms. The molecule has 0 fully saturated rings. The number of aromatic nitrogens is 2. The van der Waals surface area contributed by atoms with Crippen LogP contribution >= 0.6 is 11.3 Å². The summed E-state index contributed by atoms with van der Waals surface area (Å²) in [6.45, 7) is 5.94. The molecular weight excluding hydrogens is 430 g/mol. The predicted molar refractivity (Wildman–Crippen MR) is 113 cm³/mol. The van der Waals surface area contributed by atoms with Crippen LogP contribution in [0.4, 0.5) is 0 Å². The molecule has 0 saturated carbocycles. The molecule has 0 aliphatic heterocycles. The van der Waals surface area contributed by atoms with E-state index in [0.717, 1.165) is 11.1 Å². The summed E-state index contributed by atoms with van der Waals surface area (Å²) in [7, 11) is -4.02. The maximum Gasteiger partial charge on any atom is 0.437 e. The van der Waals surface area contributed by atoms with Crippen LogP contribution in [-0.2, 0) is 16.7 Å². The minimum absolute atomic E-state index is 0.0265. The summed E-state index contributed by atoms with van der Waals surface area (Å²) in [5, 5.41) is 17.8. The number of aliphatic hydroxyl groups is 1. The topological polar surface area (TPSA) is 149 Å². The van der Waals surface area contributed by atoms with Gasteiger partial charge in [-0.15, -0.1) is 5.10 Å². The highest BCUT2D eigenvalue weighted by Gasteiger charge is 2.25. The van der Waals surface area contributed by atoms with Crippen LogP contribution in [0.5, 0.6) is 0 Å². The molecule has 0 saturated heterocycles. The van der Waals surface area contributed by atoms with E-state index in [1.54, 1.807) is 23.5 Å². The Kier molecular flexibility index (Phi) is 8.10. The molecule has 0 bridgehead atoms. The van der Waals surface area contributed by atoms with Crippen LogP contribution < -0.4 is 11.5 Å². The Balaban J connectivity index is 0.000000248. The second-order valence-electron chi connectivity index (χ2n) is 7.05. The van der Waals surface area contributed by atoms with E-state index in [9.17, 15) is 18.3 Å². The summed E-state index contributed by atoms with van der Waals surface area (Å²) in [5.74, 6) is -0.556. The van der Waals surface area contributed by atoms with Crippen LogP contribution in [0.25, 0.3) is 0 Å². The van der Waals surface area contributed by atoms with E-state index in [4.69, 9.17) is 14.7 Å². The second kappa shape index (κ2) is 10.1. The summed E-state index contributed by atoms with van der Waals surface area (Å²) in [6.07, 6.45) is -1.07. The van der Waals surface area contributed by atoms with Gasteiger partial charge in [-0.05, 0) is 47.4 Å². The number of thiophene rings is 1. The number of aliphatic hydroxyl groups excluding tert-OH is 1. The summed E-state index contributed by atoms with van der Waals surface area (Å²) < 4.78 is 35.7. The Labute approximate surface area is 178 Å². The first-order valence-electron chi connectivity index (χ1n) is 9.05. The van der Waals surface area contributed by atoms with Crippen molar-refractivity contribution in [2.24, 2.45) is 11.7 Å². The highest BCUT2D eigenvalue weighted by atomic mass is 32.2. The monoisotopic (exact) mass is 455 g/mol. The van der Waals surface area contributed by atoms with Crippen molar-refractivity contribution in [3.8, 4) is 0 Å². The first-order valence-corrected chi connectivity index (χ1v) is 11.4. The van der Waals surface area contributed by atoms with Gasteiger partial charge in [-0.2, -0.15) is 24.4 Å². The lowest BCUT2D eigenvalue weighted by Gasteiger charge is -2.18. The number of nitrogens with two attached hydrogens (primary N) is 1. The molecule has 0 unspecified atom stereocenters. The van der Waals surface area contributed by atoms with Crippen molar-refractivity contribution in [2.75, 3.05) is 0 Å². The fourth-order valence-electron chi connectivity index (χ4n) is 2.34. The van der Waals surface area contributed by atoms with Crippen LogP contribution in [0.15, 0.2) is 55.2 Å². The van der Waals surface area contributed by atoms with Crippen molar-refractivity contribution < 1.29 is 22.5 Å². The van der Waals surface area contributed by atoms with E-state index >= 15 is 0 Å². The largest absolute Gasteiger partial charge is 0.437 e. The van der Waals surface area contributed by atoms with Crippen molar-refractivity contribution >= 4 is 21.5 Å². The summed E-state index contributed by atoms with van der Waals surface area (Å²) >= 11 is 1.54. The molecule has 2 aromatic heterocycles. The van der Waals surface area contributed by atoms with E-state index < -0.39 is 28.0 Å². The Morgan fingerprint density at radius 3 is 2.37 bits per heavy atom. The van der Waals surface area contributed by atoms with E-state index in [2.05, 4.69) is 5.10 Å². The Morgan fingerprint density at radius 1 is 1.23 bits per heavy atom. The number of nitrogens with zero attached hydrogens (tertiary/aromatic N) is 2. The Morgan fingerprint density at radius 2 is 1.87 bits per heavy atom. The molecule has 2 atom stereocenters. The van der Waals surface area contributed by atoms with Gasteiger partial charge in [0, 0.05) is 6.04 Å². The zero-order valence-electron chi connectivity index (χ0n) is 16.8. The van der Waals surface area contributed by atoms with E-state index in [-0.39, 0.29) is 16.7 Å². The van der Waals surface area contributed by atoms with Gasteiger partial charge in [0.15, 0.2) is 0 Å². The normalized spacial score (nSPS) is 13.6. The molecule has 1 aromatic carbocycles. The summed E-state index contributed by atoms with van der Waals surface area (Å²) in [5.41, 5.74) is 7.75. The molecule has 0 aliphatic carbocycles. The quantitative estimate of drug-likeness (QED) is 0.479. The first-order chi connectivity index (χ1) is 14.0. The molecule has 9 nitrogen and oxygen atoms in total. The summed E-state index contributed by atoms with van der Waals surface area (Å²) in [6, 6.07) is 7.37. The van der Waals surface area contributed by atoms with Gasteiger partial charge in [-0.1, -0.05) is 31.5 Å². The second-order valence-corrected chi connectivity index (χ2v) is 9.25. The lowest BCUT2D eigenvalue weighted by molar-refractivity contribution is 0.0958. The van der Waals surface area contributed by atoms with Crippen molar-refractivity contribution in [2.45, 2.75) is 44.4 Å². The van der Waals surface area contributed by atoms with E-state index in [1.165, 1.54) is 16.8 Å². The zero-order valence-corrected chi connectivity index (χ0v) is 18.4. The molecule has 0 aliphatic rings. The SMILES string of the molecule is CC(C)[C@H](N)[C@@H](O)c1nn(Cc2ccsc2)c(=O)o1.Cc1ccc(S(=O)(=O)O)cc1. The first kappa shape index (κ1) is 24.0. The standard InChI is InChI=1S/C12H17N3O3S.C7H8O3S/c1-7(2)9(13)10(16)11-14-15(12(17)18-11)5-8-3-4-19-6-8;1-6-2-4-7(5-3-6)11(8,9)10/h3-4,6-7,9-10,16H,5,13H2,1-2H3;2-5H,1H3,(H,8,9,10)/t9-,10+;/m0./s1. The highest BCUT2D eigenvalue weighted by Crippen LogP contribution is 2.17. The Hall–Kier alpha value is -2.31. The molecule has 4 N–H and O–H groups in total. The minimum Gasteiger partial charge on any atom is -0.389 e. The smallest absolute Gasteiger partial charge is 0.389 e. The molecule has 0 spiro atoms. The van der Waals surface area contributed by atoms with Gasteiger partial charge in [-0.3, -0.25) is 4.55 Å². The third-order valence-corrected chi connectivity index (χ3v) is 5.84. The Bertz CT molecular complexity index is 1090. The molecule has 164 valence electrons. The molecule has 3 aromatic rings. The summed E-state index contributed by atoms with van der Waals surface area (Å²) in [4.78, 5) is 11.6. The lowest BCUT2D eigenvalue weighted by atomic mass is 10.00. The van der Waals surface area contributed by atoms with Crippen LogP contribution in [0.1, 0.15) is 37.0 Å². The molecule has 30 heavy (non-hydrogen) atoms. The van der Waals surface area contributed by atoms with Crippen LogP contribution in [0, 0.1) is 12.8 Å². The number of hydrogen-bond acceptors (Lipinski definition) is 8. The van der Waals surface area contributed by atoms with Crippen molar-refractivity contribution in [1.29, 1.82) is 0 Å². The molecule has 0 radical (unpaired) electrons. The molecule has 3 rings (SSSR count). The van der Waals surface area contributed by atoms with Crippen molar-refractivity contribution in [3.05, 3.63) is 68.7 Å². The minimum atomic E-state index is -4.02. The van der Waals surface area contributed by atoms with E-state index in [1.807, 2.05) is 37.6 Å². The number of benzene rings is 1. The molecular formula is C19H25N3O6S2. The van der Waals surface area contributed by atoms with Crippen LogP contribution in [-0.4, -0.2) is 33.9 Å². The molecule has 2 heterocycles. The van der Waals surface area contributed by atoms with Crippen molar-refractivity contribution in [3.63, 3.8) is 0 Å². The van der Waals surface area contributed by atoms with Crippen LogP contribution in [0.2, 0.25) is 0 Å². The zero-order chi connectivity index (χ0) is 22.5. The van der Waals surface area contributed by atoms with Gasteiger partial charge in [0.25, 0.3) is 10.1 Å². The fraction of sp³-hybridized carbons (Fsp3) is 0.368. The van der Waals surface area contributed by atoms with E-state index in [0.29, 0.717) is 6.54 Å². The number of aryl methyl sites for hydroxylation is 1. The number of rotatable bonds is 6. The van der Waals surface area contributed by atoms with Gasteiger partial charge in [0.1, 0.15) is 6.10 Å². The van der Waals surface area contributed by atoms with Crippen LogP contribution in [0.3, 0.4) is 0 Å². The average Bonchev–Trinajstić information content (AvgIpc) is 3.31.